The summed E-state index contributed by atoms with van der Waals surface area (Å²) in [5, 5.41) is 10.5. The van der Waals surface area contributed by atoms with Gasteiger partial charge in [0, 0.05) is 24.1 Å². The molecule has 2 aliphatic carbocycles. The highest BCUT2D eigenvalue weighted by atomic mass is 16.5. The standard InChI is InChI=1S/C20H29NO2/c1-23-18-12-16-6-2-5-15(16)11-17(18)13-21-10-4-9-20(14-21)8-3-7-19(20)22/h11-12,19,22H,2-10,13-14H2,1H3/t19-,20+/m1/s1. The van der Waals surface area contributed by atoms with Gasteiger partial charge in [-0.1, -0.05) is 12.5 Å². The molecule has 2 atom stereocenters. The van der Waals surface area contributed by atoms with E-state index in [0.29, 0.717) is 0 Å². The quantitative estimate of drug-likeness (QED) is 0.929. The highest BCUT2D eigenvalue weighted by Crippen LogP contribution is 2.45. The van der Waals surface area contributed by atoms with Crippen molar-refractivity contribution in [3.8, 4) is 5.75 Å². The van der Waals surface area contributed by atoms with E-state index in [4.69, 9.17) is 4.74 Å². The maximum Gasteiger partial charge on any atom is 0.123 e. The molecule has 4 rings (SSSR count). The third kappa shape index (κ3) is 2.78. The summed E-state index contributed by atoms with van der Waals surface area (Å²) in [6.07, 6.45) is 9.41. The molecule has 0 bridgehead atoms. The molecule has 0 aromatic heterocycles. The van der Waals surface area contributed by atoms with Crippen LogP contribution in [0.2, 0.25) is 0 Å². The number of nitrogens with zero attached hydrogens (tertiary/aromatic N) is 1. The van der Waals surface area contributed by atoms with Crippen molar-refractivity contribution in [2.75, 3.05) is 20.2 Å². The van der Waals surface area contributed by atoms with Crippen molar-refractivity contribution >= 4 is 0 Å². The number of methoxy groups -OCH3 is 1. The van der Waals surface area contributed by atoms with Crippen molar-refractivity contribution in [3.63, 3.8) is 0 Å². The van der Waals surface area contributed by atoms with Gasteiger partial charge >= 0.3 is 0 Å². The number of rotatable bonds is 3. The van der Waals surface area contributed by atoms with E-state index in [1.165, 1.54) is 61.6 Å². The van der Waals surface area contributed by atoms with Gasteiger partial charge in [0.15, 0.2) is 0 Å². The summed E-state index contributed by atoms with van der Waals surface area (Å²) in [6, 6.07) is 4.65. The molecule has 2 fully saturated rings. The van der Waals surface area contributed by atoms with E-state index in [-0.39, 0.29) is 11.5 Å². The molecule has 1 saturated heterocycles. The van der Waals surface area contributed by atoms with Crippen molar-refractivity contribution in [1.82, 2.24) is 4.90 Å². The lowest BCUT2D eigenvalue weighted by Crippen LogP contribution is -2.46. The summed E-state index contributed by atoms with van der Waals surface area (Å²) in [5.74, 6) is 1.05. The summed E-state index contributed by atoms with van der Waals surface area (Å²) in [6.45, 7) is 3.16. The average molecular weight is 315 g/mol. The number of hydrogen-bond acceptors (Lipinski definition) is 3. The Morgan fingerprint density at radius 1 is 1.17 bits per heavy atom. The van der Waals surface area contributed by atoms with Gasteiger partial charge in [0.2, 0.25) is 0 Å². The number of aliphatic hydroxyl groups is 1. The first-order valence-electron chi connectivity index (χ1n) is 9.29. The van der Waals surface area contributed by atoms with E-state index >= 15 is 0 Å². The molecule has 3 aliphatic rings. The van der Waals surface area contributed by atoms with Crippen LogP contribution in [0.4, 0.5) is 0 Å². The fourth-order valence-electron chi connectivity index (χ4n) is 5.20. The minimum atomic E-state index is -0.0905. The van der Waals surface area contributed by atoms with Crippen LogP contribution in [0, 0.1) is 5.41 Å². The van der Waals surface area contributed by atoms with E-state index in [0.717, 1.165) is 31.8 Å². The zero-order valence-electron chi connectivity index (χ0n) is 14.3. The van der Waals surface area contributed by atoms with E-state index in [2.05, 4.69) is 17.0 Å². The van der Waals surface area contributed by atoms with Gasteiger partial charge in [0.05, 0.1) is 13.2 Å². The van der Waals surface area contributed by atoms with Gasteiger partial charge in [-0.15, -0.1) is 0 Å². The molecule has 1 N–H and O–H groups in total. The normalized spacial score (nSPS) is 30.8. The van der Waals surface area contributed by atoms with Gasteiger partial charge < -0.3 is 9.84 Å². The summed E-state index contributed by atoms with van der Waals surface area (Å²) in [7, 11) is 1.79. The highest BCUT2D eigenvalue weighted by molar-refractivity contribution is 5.44. The van der Waals surface area contributed by atoms with Crippen LogP contribution in [0.15, 0.2) is 12.1 Å². The molecule has 1 aromatic rings. The Morgan fingerprint density at radius 2 is 1.96 bits per heavy atom. The zero-order valence-corrected chi connectivity index (χ0v) is 14.3. The van der Waals surface area contributed by atoms with Crippen molar-refractivity contribution in [1.29, 1.82) is 0 Å². The number of aryl methyl sites for hydroxylation is 2. The van der Waals surface area contributed by atoms with Crippen molar-refractivity contribution in [3.05, 3.63) is 28.8 Å². The molecular formula is C20H29NO2. The number of likely N-dealkylation sites (tertiary alicyclic amines) is 1. The molecule has 1 spiro atoms. The van der Waals surface area contributed by atoms with Crippen LogP contribution < -0.4 is 4.74 Å². The minimum absolute atomic E-state index is 0.0905. The van der Waals surface area contributed by atoms with Crippen LogP contribution in [-0.4, -0.2) is 36.3 Å². The Balaban J connectivity index is 1.54. The Morgan fingerprint density at radius 3 is 2.70 bits per heavy atom. The second kappa shape index (κ2) is 6.10. The first-order chi connectivity index (χ1) is 11.2. The molecule has 3 heteroatoms. The largest absolute Gasteiger partial charge is 0.496 e. The molecule has 23 heavy (non-hydrogen) atoms. The second-order valence-corrected chi connectivity index (χ2v) is 7.87. The van der Waals surface area contributed by atoms with E-state index in [1.807, 2.05) is 0 Å². The fraction of sp³-hybridized carbons (Fsp3) is 0.700. The molecule has 0 amide bonds. The van der Waals surface area contributed by atoms with Gasteiger partial charge in [-0.3, -0.25) is 4.90 Å². The maximum atomic E-state index is 10.5. The fourth-order valence-corrected chi connectivity index (χ4v) is 5.20. The van der Waals surface area contributed by atoms with Crippen LogP contribution >= 0.6 is 0 Å². The summed E-state index contributed by atoms with van der Waals surface area (Å²) in [5.41, 5.74) is 4.50. The van der Waals surface area contributed by atoms with Gasteiger partial charge in [0.25, 0.3) is 0 Å². The van der Waals surface area contributed by atoms with Gasteiger partial charge in [0.1, 0.15) is 5.75 Å². The number of piperidine rings is 1. The number of aliphatic hydroxyl groups excluding tert-OH is 1. The summed E-state index contributed by atoms with van der Waals surface area (Å²) in [4.78, 5) is 2.55. The topological polar surface area (TPSA) is 32.7 Å². The molecule has 1 aliphatic heterocycles. The van der Waals surface area contributed by atoms with Crippen LogP contribution in [0.25, 0.3) is 0 Å². The number of hydrogen-bond donors (Lipinski definition) is 1. The summed E-state index contributed by atoms with van der Waals surface area (Å²) >= 11 is 0. The average Bonchev–Trinajstić information content (AvgIpc) is 3.14. The zero-order chi connectivity index (χ0) is 15.9. The molecule has 0 radical (unpaired) electrons. The molecule has 1 heterocycles. The minimum Gasteiger partial charge on any atom is -0.496 e. The molecule has 126 valence electrons. The highest BCUT2D eigenvalue weighted by Gasteiger charge is 2.44. The van der Waals surface area contributed by atoms with Crippen molar-refractivity contribution in [2.24, 2.45) is 5.41 Å². The maximum absolute atomic E-state index is 10.5. The SMILES string of the molecule is COc1cc2c(cc1CN1CCC[C@@]3(CCC[C@H]3O)C1)CCC2. The molecule has 0 unspecified atom stereocenters. The lowest BCUT2D eigenvalue weighted by atomic mass is 9.76. The number of fused-ring (bicyclic) bond motifs is 1. The predicted molar refractivity (Wildman–Crippen MR) is 91.8 cm³/mol. The third-order valence-electron chi connectivity index (χ3n) is 6.44. The smallest absolute Gasteiger partial charge is 0.123 e. The van der Waals surface area contributed by atoms with Crippen LogP contribution in [0.1, 0.15) is 55.2 Å². The first-order valence-corrected chi connectivity index (χ1v) is 9.29. The van der Waals surface area contributed by atoms with E-state index in [1.54, 1.807) is 7.11 Å². The number of ether oxygens (including phenoxy) is 1. The molecular weight excluding hydrogens is 286 g/mol. The monoisotopic (exact) mass is 315 g/mol. The molecule has 3 nitrogen and oxygen atoms in total. The lowest BCUT2D eigenvalue weighted by Gasteiger charge is -2.42. The Kier molecular flexibility index (Phi) is 4.10. The van der Waals surface area contributed by atoms with Crippen LogP contribution in [0.5, 0.6) is 5.75 Å². The Labute approximate surface area is 139 Å². The molecule has 1 aromatic carbocycles. The number of benzene rings is 1. The van der Waals surface area contributed by atoms with E-state index < -0.39 is 0 Å². The van der Waals surface area contributed by atoms with Crippen molar-refractivity contribution in [2.45, 2.75) is 64.0 Å². The van der Waals surface area contributed by atoms with Crippen LogP contribution in [0.3, 0.4) is 0 Å². The second-order valence-electron chi connectivity index (χ2n) is 7.87. The Bertz CT molecular complexity index is 585. The van der Waals surface area contributed by atoms with E-state index in [9.17, 15) is 5.11 Å². The summed E-state index contributed by atoms with van der Waals surface area (Å²) < 4.78 is 5.67. The predicted octanol–water partition coefficient (Wildman–Crippen LogP) is 3.31. The van der Waals surface area contributed by atoms with Gasteiger partial charge in [-0.25, -0.2) is 0 Å². The third-order valence-corrected chi connectivity index (χ3v) is 6.44. The lowest BCUT2D eigenvalue weighted by molar-refractivity contribution is -0.0121. The van der Waals surface area contributed by atoms with Gasteiger partial charge in [-0.05, 0) is 68.7 Å². The van der Waals surface area contributed by atoms with Gasteiger partial charge in [-0.2, -0.15) is 0 Å². The molecule has 1 saturated carbocycles. The first kappa shape index (κ1) is 15.5. The van der Waals surface area contributed by atoms with Crippen molar-refractivity contribution < 1.29 is 9.84 Å². The Hall–Kier alpha value is -1.06. The van der Waals surface area contributed by atoms with Crippen LogP contribution in [-0.2, 0) is 19.4 Å².